The van der Waals surface area contributed by atoms with Crippen molar-refractivity contribution >= 4 is 21.6 Å². The van der Waals surface area contributed by atoms with Gasteiger partial charge in [-0.15, -0.1) is 0 Å². The molecule has 1 aromatic rings. The summed E-state index contributed by atoms with van der Waals surface area (Å²) in [4.78, 5) is 10.3. The number of non-ortho nitro benzene ring substituents is 1. The van der Waals surface area contributed by atoms with Crippen LogP contribution in [0.3, 0.4) is 0 Å². The van der Waals surface area contributed by atoms with Crippen LogP contribution >= 0.6 is 15.9 Å². The molecule has 1 saturated carbocycles. The SMILES string of the molecule is O=[N+]([O-])c1ccc(CC2CCCCCC2O)c(Br)c1. The highest BCUT2D eigenvalue weighted by Gasteiger charge is 2.23. The maximum atomic E-state index is 10.7. The summed E-state index contributed by atoms with van der Waals surface area (Å²) in [5.74, 6) is 0.264. The molecule has 1 fully saturated rings. The quantitative estimate of drug-likeness (QED) is 0.521. The molecule has 0 amide bonds. The van der Waals surface area contributed by atoms with Gasteiger partial charge in [-0.05, 0) is 30.7 Å². The van der Waals surface area contributed by atoms with Gasteiger partial charge in [-0.2, -0.15) is 0 Å². The van der Waals surface area contributed by atoms with E-state index in [9.17, 15) is 15.2 Å². The monoisotopic (exact) mass is 327 g/mol. The Bertz CT molecular complexity index is 464. The van der Waals surface area contributed by atoms with Gasteiger partial charge >= 0.3 is 0 Å². The molecule has 1 aliphatic rings. The molecule has 5 heteroatoms. The van der Waals surface area contributed by atoms with Crippen molar-refractivity contribution in [2.45, 2.75) is 44.6 Å². The van der Waals surface area contributed by atoms with Gasteiger partial charge in [0.25, 0.3) is 5.69 Å². The van der Waals surface area contributed by atoms with E-state index in [0.29, 0.717) is 0 Å². The Labute approximate surface area is 121 Å². The lowest BCUT2D eigenvalue weighted by Gasteiger charge is -2.20. The van der Waals surface area contributed by atoms with Crippen molar-refractivity contribution in [3.05, 3.63) is 38.3 Å². The van der Waals surface area contributed by atoms with Gasteiger partial charge in [-0.1, -0.05) is 41.3 Å². The van der Waals surface area contributed by atoms with Gasteiger partial charge in [0.1, 0.15) is 0 Å². The molecule has 2 unspecified atom stereocenters. The van der Waals surface area contributed by atoms with E-state index >= 15 is 0 Å². The third-order valence-corrected chi connectivity index (χ3v) is 4.59. The maximum Gasteiger partial charge on any atom is 0.270 e. The fourth-order valence-corrected chi connectivity index (χ4v) is 3.23. The predicted molar refractivity (Wildman–Crippen MR) is 77.1 cm³/mol. The topological polar surface area (TPSA) is 63.4 Å². The van der Waals surface area contributed by atoms with E-state index in [2.05, 4.69) is 15.9 Å². The zero-order valence-corrected chi connectivity index (χ0v) is 12.3. The molecule has 0 heterocycles. The minimum absolute atomic E-state index is 0.0945. The normalized spacial score (nSPS) is 23.9. The summed E-state index contributed by atoms with van der Waals surface area (Å²) in [5.41, 5.74) is 1.13. The van der Waals surface area contributed by atoms with Gasteiger partial charge in [-0.3, -0.25) is 10.1 Å². The molecule has 0 aromatic heterocycles. The number of aliphatic hydroxyl groups excluding tert-OH is 1. The van der Waals surface area contributed by atoms with Crippen molar-refractivity contribution in [2.75, 3.05) is 0 Å². The Hall–Kier alpha value is -0.940. The van der Waals surface area contributed by atoms with Crippen LogP contribution in [0.15, 0.2) is 22.7 Å². The van der Waals surface area contributed by atoms with Crippen molar-refractivity contribution in [1.29, 1.82) is 0 Å². The highest BCUT2D eigenvalue weighted by molar-refractivity contribution is 9.10. The lowest BCUT2D eigenvalue weighted by molar-refractivity contribution is -0.384. The van der Waals surface area contributed by atoms with Gasteiger partial charge in [0.05, 0.1) is 11.0 Å². The molecule has 1 N–H and O–H groups in total. The first-order chi connectivity index (χ1) is 9.08. The summed E-state index contributed by atoms with van der Waals surface area (Å²) < 4.78 is 0.762. The van der Waals surface area contributed by atoms with Crippen LogP contribution in [-0.2, 0) is 6.42 Å². The van der Waals surface area contributed by atoms with Gasteiger partial charge in [0, 0.05) is 16.6 Å². The van der Waals surface area contributed by atoms with Crippen molar-refractivity contribution in [2.24, 2.45) is 5.92 Å². The third-order valence-electron chi connectivity index (χ3n) is 3.85. The second-order valence-electron chi connectivity index (χ2n) is 5.20. The molecule has 2 rings (SSSR count). The standard InChI is InChI=1S/C14H18BrNO3/c15-13-9-12(16(18)19)7-6-10(13)8-11-4-2-1-3-5-14(11)17/h6-7,9,11,14,17H,1-5,8H2. The first-order valence-corrected chi connectivity index (χ1v) is 7.48. The molecule has 0 saturated heterocycles. The van der Waals surface area contributed by atoms with Crippen molar-refractivity contribution < 1.29 is 10.0 Å². The fourth-order valence-electron chi connectivity index (χ4n) is 2.70. The first-order valence-electron chi connectivity index (χ1n) is 6.69. The summed E-state index contributed by atoms with van der Waals surface area (Å²) in [7, 11) is 0. The van der Waals surface area contributed by atoms with Crippen LogP contribution in [0.25, 0.3) is 0 Å². The number of nitrogens with zero attached hydrogens (tertiary/aromatic N) is 1. The van der Waals surface area contributed by atoms with Crippen LogP contribution < -0.4 is 0 Å². The number of hydrogen-bond acceptors (Lipinski definition) is 3. The summed E-state index contributed by atoms with van der Waals surface area (Å²) >= 11 is 3.40. The number of hydrogen-bond donors (Lipinski definition) is 1. The minimum atomic E-state index is -0.394. The summed E-state index contributed by atoms with van der Waals surface area (Å²) in [6, 6.07) is 4.86. The zero-order chi connectivity index (χ0) is 13.8. The van der Waals surface area contributed by atoms with E-state index in [-0.39, 0.29) is 17.7 Å². The molecule has 2 atom stereocenters. The average Bonchev–Trinajstić information content (AvgIpc) is 2.57. The van der Waals surface area contributed by atoms with Crippen LogP contribution in [0, 0.1) is 16.0 Å². The first kappa shape index (κ1) is 14.5. The Morgan fingerprint density at radius 3 is 2.74 bits per heavy atom. The number of benzene rings is 1. The van der Waals surface area contributed by atoms with Crippen LogP contribution in [0.5, 0.6) is 0 Å². The molecule has 0 bridgehead atoms. The third kappa shape index (κ3) is 3.76. The number of nitro groups is 1. The lowest BCUT2D eigenvalue weighted by atomic mass is 9.90. The minimum Gasteiger partial charge on any atom is -0.393 e. The second kappa shape index (κ2) is 6.48. The van der Waals surface area contributed by atoms with E-state index in [1.807, 2.05) is 0 Å². The Balaban J connectivity index is 2.11. The van der Waals surface area contributed by atoms with Crippen LogP contribution in [0.2, 0.25) is 0 Å². The van der Waals surface area contributed by atoms with Gasteiger partial charge in [0.15, 0.2) is 0 Å². The number of halogens is 1. The number of rotatable bonds is 3. The van der Waals surface area contributed by atoms with E-state index in [1.165, 1.54) is 12.5 Å². The summed E-state index contributed by atoms with van der Waals surface area (Å²) in [5, 5.41) is 20.8. The fraction of sp³-hybridized carbons (Fsp3) is 0.571. The van der Waals surface area contributed by atoms with Crippen molar-refractivity contribution in [3.63, 3.8) is 0 Å². The molecule has 1 aromatic carbocycles. The average molecular weight is 328 g/mol. The molecule has 0 aliphatic heterocycles. The Morgan fingerprint density at radius 1 is 1.32 bits per heavy atom. The summed E-state index contributed by atoms with van der Waals surface area (Å²) in [6.07, 6.45) is 5.88. The Kier molecular flexibility index (Phi) is 4.93. The zero-order valence-electron chi connectivity index (χ0n) is 10.7. The maximum absolute atomic E-state index is 10.7. The number of aliphatic hydroxyl groups is 1. The predicted octanol–water partition coefficient (Wildman–Crippen LogP) is 3.84. The van der Waals surface area contributed by atoms with Crippen molar-refractivity contribution in [3.8, 4) is 0 Å². The molecular weight excluding hydrogens is 310 g/mol. The molecule has 4 nitrogen and oxygen atoms in total. The highest BCUT2D eigenvalue weighted by Crippen LogP contribution is 2.30. The molecule has 104 valence electrons. The summed E-state index contributed by atoms with van der Waals surface area (Å²) in [6.45, 7) is 0. The molecule has 0 spiro atoms. The highest BCUT2D eigenvalue weighted by atomic mass is 79.9. The molecular formula is C14H18BrNO3. The second-order valence-corrected chi connectivity index (χ2v) is 6.06. The van der Waals surface area contributed by atoms with E-state index < -0.39 is 4.92 Å². The lowest BCUT2D eigenvalue weighted by Crippen LogP contribution is -2.21. The van der Waals surface area contributed by atoms with E-state index in [0.717, 1.165) is 42.1 Å². The van der Waals surface area contributed by atoms with Crippen LogP contribution in [0.1, 0.15) is 37.7 Å². The van der Waals surface area contributed by atoms with E-state index in [4.69, 9.17) is 0 Å². The Morgan fingerprint density at radius 2 is 2.05 bits per heavy atom. The van der Waals surface area contributed by atoms with Crippen molar-refractivity contribution in [1.82, 2.24) is 0 Å². The van der Waals surface area contributed by atoms with Gasteiger partial charge in [0.2, 0.25) is 0 Å². The van der Waals surface area contributed by atoms with Crippen LogP contribution in [-0.4, -0.2) is 16.1 Å². The molecule has 19 heavy (non-hydrogen) atoms. The van der Waals surface area contributed by atoms with Gasteiger partial charge < -0.3 is 5.11 Å². The molecule has 1 aliphatic carbocycles. The van der Waals surface area contributed by atoms with Crippen LogP contribution in [0.4, 0.5) is 5.69 Å². The number of nitro benzene ring substituents is 1. The largest absolute Gasteiger partial charge is 0.393 e. The molecule has 0 radical (unpaired) electrons. The smallest absolute Gasteiger partial charge is 0.270 e. The van der Waals surface area contributed by atoms with Gasteiger partial charge in [-0.25, -0.2) is 0 Å². The van der Waals surface area contributed by atoms with E-state index in [1.54, 1.807) is 12.1 Å².